The Kier molecular flexibility index (Phi) is 7.00. The highest BCUT2D eigenvalue weighted by Crippen LogP contribution is 2.22. The van der Waals surface area contributed by atoms with Crippen LogP contribution in [-0.4, -0.2) is 24.6 Å². The van der Waals surface area contributed by atoms with E-state index in [0.29, 0.717) is 0 Å². The van der Waals surface area contributed by atoms with Crippen LogP contribution in [-0.2, 0) is 0 Å². The summed E-state index contributed by atoms with van der Waals surface area (Å²) >= 11 is 1.84. The van der Waals surface area contributed by atoms with Crippen LogP contribution in [0, 0.1) is 18.3 Å². The van der Waals surface area contributed by atoms with E-state index < -0.39 is 0 Å². The molecule has 0 spiro atoms. The minimum absolute atomic E-state index is 0.852. The highest BCUT2D eigenvalue weighted by atomic mass is 32.2. The van der Waals surface area contributed by atoms with E-state index in [0.717, 1.165) is 24.0 Å². The van der Waals surface area contributed by atoms with Crippen LogP contribution in [0.2, 0.25) is 0 Å². The number of thioether (sulfide) groups is 1. The number of nitrogens with one attached hydrogen (secondary N) is 1. The van der Waals surface area contributed by atoms with E-state index in [4.69, 9.17) is 6.42 Å². The van der Waals surface area contributed by atoms with E-state index in [9.17, 15) is 0 Å². The zero-order valence-electron chi connectivity index (χ0n) is 8.93. The van der Waals surface area contributed by atoms with Crippen LogP contribution < -0.4 is 5.32 Å². The molecule has 0 atom stereocenters. The van der Waals surface area contributed by atoms with Gasteiger partial charge in [-0.2, -0.15) is 0 Å². The molecule has 0 aromatic heterocycles. The monoisotopic (exact) mass is 211 g/mol. The van der Waals surface area contributed by atoms with Gasteiger partial charge in [0, 0.05) is 12.3 Å². The van der Waals surface area contributed by atoms with Gasteiger partial charge >= 0.3 is 0 Å². The normalized spacial score (nSPS) is 17.9. The van der Waals surface area contributed by atoms with Crippen LogP contribution in [0.5, 0.6) is 0 Å². The number of rotatable bonds is 6. The van der Waals surface area contributed by atoms with Crippen molar-refractivity contribution in [3.8, 4) is 12.3 Å². The summed E-state index contributed by atoms with van der Waals surface area (Å²) in [7, 11) is 0. The van der Waals surface area contributed by atoms with Crippen molar-refractivity contribution < 1.29 is 0 Å². The Morgan fingerprint density at radius 2 is 2.07 bits per heavy atom. The summed E-state index contributed by atoms with van der Waals surface area (Å²) in [6.45, 7) is 2.33. The molecule has 1 aliphatic rings. The molecule has 1 aliphatic carbocycles. The van der Waals surface area contributed by atoms with Gasteiger partial charge in [-0.1, -0.05) is 25.2 Å². The molecule has 0 unspecified atom stereocenters. The molecule has 1 nitrogen and oxygen atoms in total. The predicted octanol–water partition coefficient (Wildman–Crippen LogP) is 2.52. The fourth-order valence-electron chi connectivity index (χ4n) is 1.97. The molecule has 1 fully saturated rings. The molecule has 0 bridgehead atoms. The van der Waals surface area contributed by atoms with Crippen LogP contribution in [0.1, 0.15) is 32.1 Å². The Labute approximate surface area is 92.4 Å². The molecule has 80 valence electrons. The first kappa shape index (κ1) is 11.9. The zero-order valence-corrected chi connectivity index (χ0v) is 9.74. The van der Waals surface area contributed by atoms with Gasteiger partial charge in [-0.25, -0.2) is 0 Å². The Bertz CT molecular complexity index is 168. The highest BCUT2D eigenvalue weighted by Gasteiger charge is 2.11. The fraction of sp³-hybridized carbons (Fsp3) is 0.833. The van der Waals surface area contributed by atoms with Crippen LogP contribution in [0.4, 0.5) is 0 Å². The first-order chi connectivity index (χ1) is 6.93. The molecule has 14 heavy (non-hydrogen) atoms. The molecule has 2 heteroatoms. The quantitative estimate of drug-likeness (QED) is 0.535. The standard InChI is InChI=1S/C12H21NS/c1-2-9-14-10-8-13-11-12-6-4-3-5-7-12/h1,12-13H,3-11H2. The summed E-state index contributed by atoms with van der Waals surface area (Å²) in [6, 6.07) is 0. The fourth-order valence-corrected chi connectivity index (χ4v) is 2.52. The van der Waals surface area contributed by atoms with Gasteiger partial charge in [0.05, 0.1) is 5.75 Å². The summed E-state index contributed by atoms with van der Waals surface area (Å²) in [5.74, 6) is 5.59. The zero-order chi connectivity index (χ0) is 10.1. The molecule has 0 aliphatic heterocycles. The van der Waals surface area contributed by atoms with Crippen molar-refractivity contribution in [1.82, 2.24) is 5.32 Å². The van der Waals surface area contributed by atoms with Crippen molar-refractivity contribution >= 4 is 11.8 Å². The average Bonchev–Trinajstić information content (AvgIpc) is 2.25. The van der Waals surface area contributed by atoms with Gasteiger partial charge in [0.2, 0.25) is 0 Å². The van der Waals surface area contributed by atoms with Crippen LogP contribution in [0.3, 0.4) is 0 Å². The van der Waals surface area contributed by atoms with Gasteiger partial charge in [0.1, 0.15) is 0 Å². The second kappa shape index (κ2) is 8.20. The van der Waals surface area contributed by atoms with Crippen molar-refractivity contribution in [1.29, 1.82) is 0 Å². The third-order valence-electron chi connectivity index (χ3n) is 2.77. The van der Waals surface area contributed by atoms with Crippen molar-refractivity contribution in [3.63, 3.8) is 0 Å². The SMILES string of the molecule is C#CCSCCNCC1CCCCC1. The van der Waals surface area contributed by atoms with Gasteiger partial charge in [-0.3, -0.25) is 0 Å². The molecule has 0 radical (unpaired) electrons. The highest BCUT2D eigenvalue weighted by molar-refractivity contribution is 7.99. The summed E-state index contributed by atoms with van der Waals surface area (Å²) in [4.78, 5) is 0. The largest absolute Gasteiger partial charge is 0.316 e. The number of terminal acetylenes is 1. The van der Waals surface area contributed by atoms with E-state index in [1.807, 2.05) is 11.8 Å². The maximum absolute atomic E-state index is 5.17. The maximum Gasteiger partial charge on any atom is 0.0545 e. The van der Waals surface area contributed by atoms with Crippen LogP contribution in [0.15, 0.2) is 0 Å². The Morgan fingerprint density at radius 3 is 2.79 bits per heavy atom. The summed E-state index contributed by atoms with van der Waals surface area (Å²) < 4.78 is 0. The third-order valence-corrected chi connectivity index (χ3v) is 3.63. The number of hydrogen-bond acceptors (Lipinski definition) is 2. The lowest BCUT2D eigenvalue weighted by atomic mass is 9.89. The molecule has 1 saturated carbocycles. The summed E-state index contributed by atoms with van der Waals surface area (Å²) in [6.07, 6.45) is 12.4. The maximum atomic E-state index is 5.17. The van der Waals surface area contributed by atoms with Crippen molar-refractivity contribution in [3.05, 3.63) is 0 Å². The summed E-state index contributed by atoms with van der Waals surface area (Å²) in [5.41, 5.74) is 0. The van der Waals surface area contributed by atoms with E-state index in [1.165, 1.54) is 38.6 Å². The average molecular weight is 211 g/mol. The lowest BCUT2D eigenvalue weighted by Crippen LogP contribution is -2.26. The van der Waals surface area contributed by atoms with E-state index >= 15 is 0 Å². The molecule has 1 N–H and O–H groups in total. The predicted molar refractivity (Wildman–Crippen MR) is 65.6 cm³/mol. The lowest BCUT2D eigenvalue weighted by molar-refractivity contribution is 0.345. The van der Waals surface area contributed by atoms with Crippen molar-refractivity contribution in [2.24, 2.45) is 5.92 Å². The molecular formula is C12H21NS. The lowest BCUT2D eigenvalue weighted by Gasteiger charge is -2.21. The molecule has 0 aromatic rings. The molecule has 1 rings (SSSR count). The first-order valence-corrected chi connectivity index (χ1v) is 6.81. The molecule has 0 heterocycles. The Hall–Kier alpha value is -0.130. The minimum atomic E-state index is 0.852. The number of hydrogen-bond donors (Lipinski definition) is 1. The van der Waals surface area contributed by atoms with Gasteiger partial charge in [-0.05, 0) is 25.3 Å². The van der Waals surface area contributed by atoms with E-state index in [-0.39, 0.29) is 0 Å². The van der Waals surface area contributed by atoms with Crippen molar-refractivity contribution in [2.45, 2.75) is 32.1 Å². The Morgan fingerprint density at radius 1 is 1.29 bits per heavy atom. The summed E-state index contributed by atoms with van der Waals surface area (Å²) in [5, 5.41) is 3.52. The van der Waals surface area contributed by atoms with E-state index in [1.54, 1.807) is 0 Å². The molecular weight excluding hydrogens is 190 g/mol. The van der Waals surface area contributed by atoms with Gasteiger partial charge in [0.15, 0.2) is 0 Å². The topological polar surface area (TPSA) is 12.0 Å². The Balaban J connectivity index is 1.85. The smallest absolute Gasteiger partial charge is 0.0545 e. The first-order valence-electron chi connectivity index (χ1n) is 5.65. The van der Waals surface area contributed by atoms with Crippen LogP contribution >= 0.6 is 11.8 Å². The second-order valence-corrected chi connectivity index (χ2v) is 5.07. The van der Waals surface area contributed by atoms with E-state index in [2.05, 4.69) is 11.2 Å². The second-order valence-electron chi connectivity index (χ2n) is 3.96. The minimum Gasteiger partial charge on any atom is -0.316 e. The molecule has 0 aromatic carbocycles. The third kappa shape index (κ3) is 5.57. The van der Waals surface area contributed by atoms with Gasteiger partial charge < -0.3 is 5.32 Å². The molecule has 0 saturated heterocycles. The van der Waals surface area contributed by atoms with Gasteiger partial charge in [-0.15, -0.1) is 18.2 Å². The van der Waals surface area contributed by atoms with Crippen LogP contribution in [0.25, 0.3) is 0 Å². The molecule has 0 amide bonds. The van der Waals surface area contributed by atoms with Crippen molar-refractivity contribution in [2.75, 3.05) is 24.6 Å². The van der Waals surface area contributed by atoms with Gasteiger partial charge in [0.25, 0.3) is 0 Å².